The summed E-state index contributed by atoms with van der Waals surface area (Å²) in [6.45, 7) is 3.65. The summed E-state index contributed by atoms with van der Waals surface area (Å²) in [7, 11) is 0. The molecule has 0 saturated heterocycles. The molecule has 0 heterocycles. The fourth-order valence-electron chi connectivity index (χ4n) is 1.16. The molecular weight excluding hydrogens is 225 g/mol. The molecule has 1 rings (SSSR count). The van der Waals surface area contributed by atoms with Gasteiger partial charge in [-0.1, -0.05) is 13.3 Å². The number of unbranched alkanes of at least 4 members (excludes halogenated alkanes) is 1. The van der Waals surface area contributed by atoms with Crippen LogP contribution in [0.5, 0.6) is 0 Å². The molecule has 0 aliphatic heterocycles. The monoisotopic (exact) mass is 243 g/mol. The first kappa shape index (κ1) is 13.3. The van der Waals surface area contributed by atoms with Crippen LogP contribution in [-0.4, -0.2) is 19.0 Å². The van der Waals surface area contributed by atoms with E-state index in [2.05, 4.69) is 6.92 Å². The predicted molar refractivity (Wildman–Crippen MR) is 67.3 cm³/mol. The average Bonchev–Trinajstić information content (AvgIpc) is 2.28. The molecule has 16 heavy (non-hydrogen) atoms. The Morgan fingerprint density at radius 3 is 2.88 bits per heavy atom. The highest BCUT2D eigenvalue weighted by atomic mass is 32.2. The molecule has 4 heteroatoms. The molecule has 0 atom stereocenters. The van der Waals surface area contributed by atoms with Crippen LogP contribution in [-0.2, 0) is 4.74 Å². The molecular formula is C12H18FNOS. The number of halogens is 1. The van der Waals surface area contributed by atoms with Crippen molar-refractivity contribution in [3.63, 3.8) is 0 Å². The van der Waals surface area contributed by atoms with Gasteiger partial charge in [0.1, 0.15) is 5.82 Å². The molecule has 0 spiro atoms. The van der Waals surface area contributed by atoms with E-state index in [1.54, 1.807) is 17.8 Å². The van der Waals surface area contributed by atoms with Gasteiger partial charge in [0.2, 0.25) is 0 Å². The third kappa shape index (κ3) is 4.86. The second-order valence-corrected chi connectivity index (χ2v) is 4.67. The van der Waals surface area contributed by atoms with Gasteiger partial charge < -0.3 is 10.5 Å². The Morgan fingerprint density at radius 1 is 1.38 bits per heavy atom. The molecule has 0 aliphatic carbocycles. The third-order valence-electron chi connectivity index (χ3n) is 2.11. The molecule has 0 unspecified atom stereocenters. The van der Waals surface area contributed by atoms with E-state index in [0.717, 1.165) is 30.1 Å². The van der Waals surface area contributed by atoms with E-state index in [1.165, 1.54) is 6.07 Å². The van der Waals surface area contributed by atoms with E-state index in [4.69, 9.17) is 10.5 Å². The van der Waals surface area contributed by atoms with E-state index in [0.29, 0.717) is 6.61 Å². The molecule has 0 aliphatic rings. The van der Waals surface area contributed by atoms with Gasteiger partial charge >= 0.3 is 0 Å². The van der Waals surface area contributed by atoms with Gasteiger partial charge in [0.15, 0.2) is 0 Å². The van der Waals surface area contributed by atoms with Crippen LogP contribution in [0.15, 0.2) is 23.1 Å². The molecule has 2 nitrogen and oxygen atoms in total. The molecule has 90 valence electrons. The van der Waals surface area contributed by atoms with Crippen molar-refractivity contribution in [3.8, 4) is 0 Å². The number of hydrogen-bond acceptors (Lipinski definition) is 3. The third-order valence-corrected chi connectivity index (χ3v) is 3.07. The SMILES string of the molecule is CCCCOCCSc1ccc(N)c(F)c1. The van der Waals surface area contributed by atoms with E-state index < -0.39 is 0 Å². The molecule has 0 fully saturated rings. The minimum Gasteiger partial charge on any atom is -0.396 e. The minimum atomic E-state index is -0.350. The number of rotatable bonds is 7. The molecule has 1 aromatic carbocycles. The highest BCUT2D eigenvalue weighted by Gasteiger charge is 2.00. The molecule has 2 N–H and O–H groups in total. The Morgan fingerprint density at radius 2 is 2.19 bits per heavy atom. The molecule has 0 saturated carbocycles. The maximum Gasteiger partial charge on any atom is 0.147 e. The van der Waals surface area contributed by atoms with E-state index in [9.17, 15) is 4.39 Å². The topological polar surface area (TPSA) is 35.2 Å². The zero-order valence-electron chi connectivity index (χ0n) is 9.54. The highest BCUT2D eigenvalue weighted by Crippen LogP contribution is 2.21. The molecule has 0 aromatic heterocycles. The summed E-state index contributed by atoms with van der Waals surface area (Å²) in [5.74, 6) is 0.490. The summed E-state index contributed by atoms with van der Waals surface area (Å²) < 4.78 is 18.5. The maximum absolute atomic E-state index is 13.1. The van der Waals surface area contributed by atoms with E-state index in [1.807, 2.05) is 6.07 Å². The highest BCUT2D eigenvalue weighted by molar-refractivity contribution is 7.99. The molecule has 0 bridgehead atoms. The number of nitrogens with two attached hydrogens (primary N) is 1. The normalized spacial score (nSPS) is 10.6. The van der Waals surface area contributed by atoms with Crippen molar-refractivity contribution in [3.05, 3.63) is 24.0 Å². The zero-order valence-corrected chi connectivity index (χ0v) is 10.4. The lowest BCUT2D eigenvalue weighted by molar-refractivity contribution is 0.147. The number of hydrogen-bond donors (Lipinski definition) is 1. The first-order chi connectivity index (χ1) is 7.74. The van der Waals surface area contributed by atoms with Crippen LogP contribution < -0.4 is 5.73 Å². The molecule has 0 radical (unpaired) electrons. The van der Waals surface area contributed by atoms with Crippen molar-refractivity contribution in [2.45, 2.75) is 24.7 Å². The van der Waals surface area contributed by atoms with Gasteiger partial charge in [0.05, 0.1) is 12.3 Å². The first-order valence-electron chi connectivity index (χ1n) is 5.49. The predicted octanol–water partition coefficient (Wildman–Crippen LogP) is 3.32. The van der Waals surface area contributed by atoms with Gasteiger partial charge in [-0.15, -0.1) is 11.8 Å². The Hall–Kier alpha value is -0.740. The number of anilines is 1. The van der Waals surface area contributed by atoms with Crippen LogP contribution in [0.25, 0.3) is 0 Å². The second-order valence-electron chi connectivity index (χ2n) is 3.50. The van der Waals surface area contributed by atoms with Crippen LogP contribution in [0.4, 0.5) is 10.1 Å². The quantitative estimate of drug-likeness (QED) is 0.453. The van der Waals surface area contributed by atoms with Gasteiger partial charge in [0, 0.05) is 17.3 Å². The minimum absolute atomic E-state index is 0.198. The molecule has 0 amide bonds. The van der Waals surface area contributed by atoms with Crippen LogP contribution in [0, 0.1) is 5.82 Å². The summed E-state index contributed by atoms with van der Waals surface area (Å²) in [6.07, 6.45) is 2.25. The van der Waals surface area contributed by atoms with E-state index in [-0.39, 0.29) is 11.5 Å². The summed E-state index contributed by atoms with van der Waals surface area (Å²) in [5, 5.41) is 0. The van der Waals surface area contributed by atoms with E-state index >= 15 is 0 Å². The molecule has 1 aromatic rings. The maximum atomic E-state index is 13.1. The van der Waals surface area contributed by atoms with Crippen molar-refractivity contribution < 1.29 is 9.13 Å². The lowest BCUT2D eigenvalue weighted by Gasteiger charge is -2.04. The van der Waals surface area contributed by atoms with Crippen LogP contribution in [0.1, 0.15) is 19.8 Å². The average molecular weight is 243 g/mol. The Labute approximate surface area is 100 Å². The number of ether oxygens (including phenoxy) is 1. The van der Waals surface area contributed by atoms with Crippen LogP contribution in [0.3, 0.4) is 0 Å². The van der Waals surface area contributed by atoms with Gasteiger partial charge in [-0.3, -0.25) is 0 Å². The number of nitrogen functional groups attached to an aromatic ring is 1. The summed E-state index contributed by atoms with van der Waals surface area (Å²) in [6, 6.07) is 4.89. The lowest BCUT2D eigenvalue weighted by atomic mass is 10.3. The van der Waals surface area contributed by atoms with Gasteiger partial charge in [-0.05, 0) is 24.6 Å². The Balaban J connectivity index is 2.19. The fourth-order valence-corrected chi connectivity index (χ4v) is 1.95. The zero-order chi connectivity index (χ0) is 11.8. The Kier molecular flexibility index (Phi) is 6.26. The summed E-state index contributed by atoms with van der Waals surface area (Å²) in [4.78, 5) is 0.894. The number of thioether (sulfide) groups is 1. The number of benzene rings is 1. The first-order valence-corrected chi connectivity index (χ1v) is 6.48. The lowest BCUT2D eigenvalue weighted by Crippen LogP contribution is -1.99. The summed E-state index contributed by atoms with van der Waals surface area (Å²) in [5.41, 5.74) is 5.59. The van der Waals surface area contributed by atoms with Gasteiger partial charge in [-0.25, -0.2) is 4.39 Å². The largest absolute Gasteiger partial charge is 0.396 e. The Bertz CT molecular complexity index is 320. The van der Waals surface area contributed by atoms with Crippen molar-refractivity contribution in [2.24, 2.45) is 0 Å². The second kappa shape index (κ2) is 7.52. The van der Waals surface area contributed by atoms with Crippen LogP contribution in [0.2, 0.25) is 0 Å². The summed E-state index contributed by atoms with van der Waals surface area (Å²) >= 11 is 1.58. The van der Waals surface area contributed by atoms with Crippen LogP contribution >= 0.6 is 11.8 Å². The smallest absolute Gasteiger partial charge is 0.147 e. The van der Waals surface area contributed by atoms with Crippen molar-refractivity contribution in [1.29, 1.82) is 0 Å². The standard InChI is InChI=1S/C12H18FNOS/c1-2-3-6-15-7-8-16-10-4-5-12(14)11(13)9-10/h4-5,9H,2-3,6-8,14H2,1H3. The van der Waals surface area contributed by atoms with Crippen molar-refractivity contribution >= 4 is 17.4 Å². The fraction of sp³-hybridized carbons (Fsp3) is 0.500. The van der Waals surface area contributed by atoms with Crippen molar-refractivity contribution in [2.75, 3.05) is 24.7 Å². The van der Waals surface area contributed by atoms with Gasteiger partial charge in [0.25, 0.3) is 0 Å². The van der Waals surface area contributed by atoms with Gasteiger partial charge in [-0.2, -0.15) is 0 Å². The van der Waals surface area contributed by atoms with Crippen molar-refractivity contribution in [1.82, 2.24) is 0 Å².